The average Bonchev–Trinajstić information content (AvgIpc) is 3.26. The number of hydrogen-bond acceptors (Lipinski definition) is 6. The molecule has 0 aliphatic heterocycles. The van der Waals surface area contributed by atoms with Crippen LogP contribution in [0, 0.1) is 5.82 Å². The number of pyridine rings is 1. The zero-order valence-corrected chi connectivity index (χ0v) is 16.4. The first-order chi connectivity index (χ1) is 15.0. The lowest BCUT2D eigenvalue weighted by Gasteiger charge is -2.12. The fourth-order valence-electron chi connectivity index (χ4n) is 3.00. The Kier molecular flexibility index (Phi) is 5.57. The van der Waals surface area contributed by atoms with E-state index in [2.05, 4.69) is 15.5 Å². The molecule has 1 amide bonds. The molecule has 0 saturated heterocycles. The Bertz CT molecular complexity index is 1280. The molecule has 0 unspecified atom stereocenters. The number of anilines is 1. The van der Waals surface area contributed by atoms with Gasteiger partial charge in [-0.15, -0.1) is 0 Å². The highest BCUT2D eigenvalue weighted by atomic mass is 19.1. The van der Waals surface area contributed by atoms with Crippen molar-refractivity contribution in [1.29, 1.82) is 0 Å². The number of benzene rings is 2. The fraction of sp³-hybridized carbons (Fsp3) is 0.0909. The summed E-state index contributed by atoms with van der Waals surface area (Å²) in [6.07, 6.45) is 0. The van der Waals surface area contributed by atoms with Crippen LogP contribution in [0.3, 0.4) is 0 Å². The maximum Gasteiger partial charge on any atom is 0.274 e. The highest BCUT2D eigenvalue weighted by Gasteiger charge is 2.17. The number of aromatic nitrogens is 3. The van der Waals surface area contributed by atoms with Gasteiger partial charge < -0.3 is 14.6 Å². The van der Waals surface area contributed by atoms with Gasteiger partial charge in [0.15, 0.2) is 0 Å². The normalized spacial score (nSPS) is 10.6. The second-order valence-electron chi connectivity index (χ2n) is 6.51. The van der Waals surface area contributed by atoms with Crippen molar-refractivity contribution in [2.45, 2.75) is 6.54 Å². The number of rotatable bonds is 6. The lowest BCUT2D eigenvalue weighted by Crippen LogP contribution is -2.28. The van der Waals surface area contributed by atoms with E-state index in [4.69, 9.17) is 9.26 Å². The molecule has 0 aliphatic rings. The van der Waals surface area contributed by atoms with Gasteiger partial charge in [0.2, 0.25) is 11.7 Å². The molecule has 9 heteroatoms. The summed E-state index contributed by atoms with van der Waals surface area (Å²) < 4.78 is 24.9. The molecule has 2 aromatic heterocycles. The van der Waals surface area contributed by atoms with E-state index in [-0.39, 0.29) is 29.8 Å². The first-order valence-electron chi connectivity index (χ1n) is 9.28. The zero-order chi connectivity index (χ0) is 21.8. The van der Waals surface area contributed by atoms with Crippen molar-refractivity contribution in [2.24, 2.45) is 0 Å². The molecule has 0 radical (unpaired) electrons. The molecule has 0 saturated carbocycles. The molecule has 1 N–H and O–H groups in total. The molecule has 0 fully saturated rings. The molecule has 4 aromatic rings. The third-order valence-corrected chi connectivity index (χ3v) is 4.48. The third-order valence-electron chi connectivity index (χ3n) is 4.48. The zero-order valence-electron chi connectivity index (χ0n) is 16.4. The number of nitrogens with one attached hydrogen (secondary N) is 1. The summed E-state index contributed by atoms with van der Waals surface area (Å²) in [6.45, 7) is -0.276. The van der Waals surface area contributed by atoms with E-state index in [1.165, 1.54) is 48.1 Å². The number of carbonyl (C=O) groups is 1. The Morgan fingerprint density at radius 3 is 2.65 bits per heavy atom. The van der Waals surface area contributed by atoms with Gasteiger partial charge in [0.1, 0.15) is 23.8 Å². The molecule has 0 spiro atoms. The van der Waals surface area contributed by atoms with Crippen LogP contribution in [0.4, 0.5) is 10.1 Å². The van der Waals surface area contributed by atoms with Crippen LogP contribution in [0.5, 0.6) is 5.75 Å². The molecule has 156 valence electrons. The van der Waals surface area contributed by atoms with Gasteiger partial charge in [-0.05, 0) is 42.5 Å². The Labute approximate surface area is 175 Å². The summed E-state index contributed by atoms with van der Waals surface area (Å²) in [5.41, 5.74) is 0.907. The average molecular weight is 420 g/mol. The molecular formula is C22H17FN4O4. The minimum Gasteiger partial charge on any atom is -0.495 e. The molecule has 0 atom stereocenters. The number of ether oxygens (including phenoxy) is 1. The largest absolute Gasteiger partial charge is 0.495 e. The number of methoxy groups -OCH3 is 1. The van der Waals surface area contributed by atoms with Crippen molar-refractivity contribution < 1.29 is 18.4 Å². The van der Waals surface area contributed by atoms with Gasteiger partial charge in [-0.2, -0.15) is 4.98 Å². The first-order valence-corrected chi connectivity index (χ1v) is 9.28. The Morgan fingerprint density at radius 1 is 1.10 bits per heavy atom. The summed E-state index contributed by atoms with van der Waals surface area (Å²) in [4.78, 5) is 29.4. The van der Waals surface area contributed by atoms with Crippen LogP contribution in [-0.4, -0.2) is 27.7 Å². The Morgan fingerprint density at radius 2 is 1.87 bits per heavy atom. The smallest absolute Gasteiger partial charge is 0.274 e. The van der Waals surface area contributed by atoms with E-state index in [1.807, 2.05) is 0 Å². The predicted molar refractivity (Wildman–Crippen MR) is 111 cm³/mol. The fourth-order valence-corrected chi connectivity index (χ4v) is 3.00. The van der Waals surface area contributed by atoms with Crippen LogP contribution in [0.25, 0.3) is 23.0 Å². The summed E-state index contributed by atoms with van der Waals surface area (Å²) in [6, 6.07) is 17.0. The van der Waals surface area contributed by atoms with Crippen LogP contribution in [0.2, 0.25) is 0 Å². The third kappa shape index (κ3) is 4.35. The van der Waals surface area contributed by atoms with E-state index in [0.29, 0.717) is 17.0 Å². The monoisotopic (exact) mass is 420 g/mol. The molecule has 0 bridgehead atoms. The first kappa shape index (κ1) is 20.0. The number of para-hydroxylation sites is 2. The predicted octanol–water partition coefficient (Wildman–Crippen LogP) is 3.35. The lowest BCUT2D eigenvalue weighted by molar-refractivity contribution is -0.116. The molecule has 2 heterocycles. The van der Waals surface area contributed by atoms with Crippen molar-refractivity contribution >= 4 is 11.6 Å². The molecule has 0 aliphatic carbocycles. The maximum absolute atomic E-state index is 13.1. The summed E-state index contributed by atoms with van der Waals surface area (Å²) in [7, 11) is 1.50. The standard InChI is InChI=1S/C22H17FN4O4/c1-30-18-7-3-2-5-16(18)24-19(28)13-27-17(6-4-8-20(27)29)22-25-21(26-31-22)14-9-11-15(23)12-10-14/h2-12H,13H2,1H3,(H,24,28). The molecular weight excluding hydrogens is 403 g/mol. The highest BCUT2D eigenvalue weighted by Crippen LogP contribution is 2.24. The van der Waals surface area contributed by atoms with Gasteiger partial charge in [0.05, 0.1) is 12.8 Å². The topological polar surface area (TPSA) is 99.2 Å². The number of halogens is 1. The number of amides is 1. The van der Waals surface area contributed by atoms with Crippen LogP contribution in [0.15, 0.2) is 76.0 Å². The second-order valence-corrected chi connectivity index (χ2v) is 6.51. The van der Waals surface area contributed by atoms with Crippen molar-refractivity contribution in [3.05, 3.63) is 82.9 Å². The van der Waals surface area contributed by atoms with Gasteiger partial charge in [-0.1, -0.05) is 23.4 Å². The quantitative estimate of drug-likeness (QED) is 0.514. The van der Waals surface area contributed by atoms with Crippen LogP contribution < -0.4 is 15.6 Å². The van der Waals surface area contributed by atoms with Crippen molar-refractivity contribution in [3.63, 3.8) is 0 Å². The Hall–Kier alpha value is -4.27. The van der Waals surface area contributed by atoms with Crippen molar-refractivity contribution in [2.75, 3.05) is 12.4 Å². The van der Waals surface area contributed by atoms with Crippen LogP contribution in [-0.2, 0) is 11.3 Å². The maximum atomic E-state index is 13.1. The Balaban J connectivity index is 1.61. The van der Waals surface area contributed by atoms with Crippen LogP contribution >= 0.6 is 0 Å². The highest BCUT2D eigenvalue weighted by molar-refractivity contribution is 5.92. The number of hydrogen-bond donors (Lipinski definition) is 1. The van der Waals surface area contributed by atoms with E-state index >= 15 is 0 Å². The summed E-state index contributed by atoms with van der Waals surface area (Å²) >= 11 is 0. The molecule has 31 heavy (non-hydrogen) atoms. The number of carbonyl (C=O) groups excluding carboxylic acids is 1. The molecule has 8 nitrogen and oxygen atoms in total. The summed E-state index contributed by atoms with van der Waals surface area (Å²) in [5.74, 6) is -0.0292. The van der Waals surface area contributed by atoms with Crippen LogP contribution in [0.1, 0.15) is 0 Å². The van der Waals surface area contributed by atoms with Crippen molar-refractivity contribution in [1.82, 2.24) is 14.7 Å². The van der Waals surface area contributed by atoms with E-state index < -0.39 is 11.5 Å². The van der Waals surface area contributed by atoms with Gasteiger partial charge >= 0.3 is 0 Å². The lowest BCUT2D eigenvalue weighted by atomic mass is 10.2. The molecule has 4 rings (SSSR count). The van der Waals surface area contributed by atoms with E-state index in [0.717, 1.165) is 0 Å². The minimum atomic E-state index is -0.433. The van der Waals surface area contributed by atoms with Crippen molar-refractivity contribution in [3.8, 4) is 28.7 Å². The van der Waals surface area contributed by atoms with Gasteiger partial charge in [0, 0.05) is 11.6 Å². The second kappa shape index (κ2) is 8.62. The number of nitrogens with zero attached hydrogens (tertiary/aromatic N) is 3. The minimum absolute atomic E-state index is 0.0575. The van der Waals surface area contributed by atoms with E-state index in [9.17, 15) is 14.0 Å². The molecule has 2 aromatic carbocycles. The van der Waals surface area contributed by atoms with Gasteiger partial charge in [-0.25, -0.2) is 4.39 Å². The summed E-state index contributed by atoms with van der Waals surface area (Å²) in [5, 5.41) is 6.62. The SMILES string of the molecule is COc1ccccc1NC(=O)Cn1c(-c2nc(-c3ccc(F)cc3)no2)cccc1=O. The van der Waals surface area contributed by atoms with Gasteiger partial charge in [-0.3, -0.25) is 14.2 Å². The van der Waals surface area contributed by atoms with Gasteiger partial charge in [0.25, 0.3) is 11.4 Å². The van der Waals surface area contributed by atoms with E-state index in [1.54, 1.807) is 30.3 Å².